The van der Waals surface area contributed by atoms with Crippen LogP contribution in [0.1, 0.15) is 51.4 Å². The van der Waals surface area contributed by atoms with Crippen molar-refractivity contribution < 1.29 is 9.59 Å². The molecule has 1 N–H and O–H groups in total. The second-order valence-electron chi connectivity index (χ2n) is 8.97. The van der Waals surface area contributed by atoms with Crippen LogP contribution in [0.25, 0.3) is 0 Å². The van der Waals surface area contributed by atoms with Crippen LogP contribution < -0.4 is 10.2 Å². The van der Waals surface area contributed by atoms with Crippen molar-refractivity contribution in [2.24, 2.45) is 5.92 Å². The quantitative estimate of drug-likeness (QED) is 0.824. The molecule has 0 radical (unpaired) electrons. The van der Waals surface area contributed by atoms with Crippen LogP contribution in [0, 0.1) is 5.92 Å². The molecule has 0 bridgehead atoms. The molecular formula is C23H35N5O2. The molecule has 1 aromatic heterocycles. The molecule has 1 saturated carbocycles. The van der Waals surface area contributed by atoms with Crippen molar-refractivity contribution in [3.63, 3.8) is 0 Å². The summed E-state index contributed by atoms with van der Waals surface area (Å²) in [5.41, 5.74) is 0. The first kappa shape index (κ1) is 20.9. The molecule has 3 heterocycles. The van der Waals surface area contributed by atoms with Crippen molar-refractivity contribution in [2.75, 3.05) is 44.2 Å². The molecule has 3 fully saturated rings. The Labute approximate surface area is 179 Å². The predicted octanol–water partition coefficient (Wildman–Crippen LogP) is 2.87. The first-order valence-electron chi connectivity index (χ1n) is 11.7. The lowest BCUT2D eigenvalue weighted by Gasteiger charge is -2.37. The molecule has 0 atom stereocenters. The van der Waals surface area contributed by atoms with E-state index < -0.39 is 0 Å². The van der Waals surface area contributed by atoms with Gasteiger partial charge in [0.05, 0.1) is 0 Å². The van der Waals surface area contributed by atoms with E-state index in [1.165, 1.54) is 19.3 Å². The van der Waals surface area contributed by atoms with Gasteiger partial charge in [0.2, 0.25) is 5.91 Å². The number of pyridine rings is 1. The summed E-state index contributed by atoms with van der Waals surface area (Å²) in [7, 11) is 0. The van der Waals surface area contributed by atoms with Crippen LogP contribution >= 0.6 is 0 Å². The highest BCUT2D eigenvalue weighted by Crippen LogP contribution is 2.23. The minimum absolute atomic E-state index is 0.0947. The molecule has 0 unspecified atom stereocenters. The number of anilines is 1. The van der Waals surface area contributed by atoms with Crippen molar-refractivity contribution in [3.05, 3.63) is 24.4 Å². The third-order valence-electron chi connectivity index (χ3n) is 6.90. The Morgan fingerprint density at radius 1 is 0.900 bits per heavy atom. The molecule has 1 aromatic rings. The third kappa shape index (κ3) is 5.43. The number of piperidine rings is 1. The maximum Gasteiger partial charge on any atom is 0.317 e. The number of aromatic nitrogens is 1. The average molecular weight is 414 g/mol. The monoisotopic (exact) mass is 413 g/mol. The van der Waals surface area contributed by atoms with Gasteiger partial charge in [0.15, 0.2) is 0 Å². The number of piperazine rings is 1. The minimum Gasteiger partial charge on any atom is -0.353 e. The fourth-order valence-corrected chi connectivity index (χ4v) is 4.95. The van der Waals surface area contributed by atoms with E-state index in [1.807, 2.05) is 34.2 Å². The van der Waals surface area contributed by atoms with Crippen molar-refractivity contribution in [1.82, 2.24) is 20.1 Å². The summed E-state index contributed by atoms with van der Waals surface area (Å²) in [5.74, 6) is 1.65. The molecule has 7 heteroatoms. The van der Waals surface area contributed by atoms with Crippen LogP contribution in [0.3, 0.4) is 0 Å². The number of carbonyl (C=O) groups excluding carboxylic acids is 2. The Balaban J connectivity index is 1.16. The lowest BCUT2D eigenvalue weighted by molar-refractivity contribution is -0.132. The van der Waals surface area contributed by atoms with Gasteiger partial charge in [-0.1, -0.05) is 25.3 Å². The Kier molecular flexibility index (Phi) is 7.07. The largest absolute Gasteiger partial charge is 0.353 e. The zero-order chi connectivity index (χ0) is 20.8. The SMILES string of the molecule is O=C(CC1CCN(C(=O)NC2CCCCC2)CC1)N1CCN(c2ccccn2)CC1. The Morgan fingerprint density at radius 2 is 1.63 bits per heavy atom. The molecule has 7 nitrogen and oxygen atoms in total. The van der Waals surface area contributed by atoms with Gasteiger partial charge in [-0.05, 0) is 43.7 Å². The number of nitrogens with one attached hydrogen (secondary N) is 1. The number of amides is 3. The van der Waals surface area contributed by atoms with Crippen LogP contribution in [0.15, 0.2) is 24.4 Å². The van der Waals surface area contributed by atoms with Crippen LogP contribution in [0.5, 0.6) is 0 Å². The molecule has 3 aliphatic rings. The lowest BCUT2D eigenvalue weighted by Crippen LogP contribution is -2.50. The normalized spacial score (nSPS) is 21.5. The second-order valence-corrected chi connectivity index (χ2v) is 8.97. The van der Waals surface area contributed by atoms with E-state index >= 15 is 0 Å². The summed E-state index contributed by atoms with van der Waals surface area (Å²) >= 11 is 0. The van der Waals surface area contributed by atoms with Crippen molar-refractivity contribution in [1.29, 1.82) is 0 Å². The molecule has 2 saturated heterocycles. The van der Waals surface area contributed by atoms with E-state index in [0.717, 1.165) is 70.8 Å². The van der Waals surface area contributed by atoms with Gasteiger partial charge in [-0.15, -0.1) is 0 Å². The number of hydrogen-bond donors (Lipinski definition) is 1. The Bertz CT molecular complexity index is 691. The number of nitrogens with zero attached hydrogens (tertiary/aromatic N) is 4. The highest BCUT2D eigenvalue weighted by atomic mass is 16.2. The lowest BCUT2D eigenvalue weighted by atomic mass is 9.92. The van der Waals surface area contributed by atoms with Crippen molar-refractivity contribution in [3.8, 4) is 0 Å². The van der Waals surface area contributed by atoms with Gasteiger partial charge in [-0.25, -0.2) is 9.78 Å². The van der Waals surface area contributed by atoms with Gasteiger partial charge in [-0.2, -0.15) is 0 Å². The summed E-state index contributed by atoms with van der Waals surface area (Å²) in [6.45, 7) is 4.73. The first-order chi connectivity index (χ1) is 14.7. The number of carbonyl (C=O) groups is 2. The summed E-state index contributed by atoms with van der Waals surface area (Å²) in [4.78, 5) is 35.9. The summed E-state index contributed by atoms with van der Waals surface area (Å²) < 4.78 is 0. The van der Waals surface area contributed by atoms with E-state index in [4.69, 9.17) is 0 Å². The Hall–Kier alpha value is -2.31. The van der Waals surface area contributed by atoms with Gasteiger partial charge in [0, 0.05) is 57.9 Å². The van der Waals surface area contributed by atoms with Crippen LogP contribution in [-0.2, 0) is 4.79 Å². The van der Waals surface area contributed by atoms with E-state index in [2.05, 4.69) is 15.2 Å². The smallest absolute Gasteiger partial charge is 0.317 e. The summed E-state index contributed by atoms with van der Waals surface area (Å²) in [6, 6.07) is 6.40. The standard InChI is InChI=1S/C23H35N5O2/c29-22(27-16-14-26(15-17-27)21-8-4-5-11-24-21)18-19-9-12-28(13-10-19)23(30)25-20-6-2-1-3-7-20/h4-5,8,11,19-20H,1-3,6-7,9-10,12-18H2,(H,25,30). The fraction of sp³-hybridized carbons (Fsp3) is 0.696. The maximum absolute atomic E-state index is 12.8. The molecule has 2 aliphatic heterocycles. The van der Waals surface area contributed by atoms with Crippen molar-refractivity contribution >= 4 is 17.8 Å². The van der Waals surface area contributed by atoms with E-state index in [9.17, 15) is 9.59 Å². The van der Waals surface area contributed by atoms with Crippen LogP contribution in [-0.4, -0.2) is 72.0 Å². The minimum atomic E-state index is 0.0947. The topological polar surface area (TPSA) is 68.8 Å². The molecule has 1 aliphatic carbocycles. The van der Waals surface area contributed by atoms with Gasteiger partial charge in [0.1, 0.15) is 5.82 Å². The van der Waals surface area contributed by atoms with Gasteiger partial charge < -0.3 is 20.0 Å². The van der Waals surface area contributed by atoms with E-state index in [1.54, 1.807) is 0 Å². The number of likely N-dealkylation sites (tertiary alicyclic amines) is 1. The molecule has 30 heavy (non-hydrogen) atoms. The van der Waals surface area contributed by atoms with Gasteiger partial charge in [-0.3, -0.25) is 4.79 Å². The molecule has 0 spiro atoms. The van der Waals surface area contributed by atoms with Crippen molar-refractivity contribution in [2.45, 2.75) is 57.4 Å². The van der Waals surface area contributed by atoms with Gasteiger partial charge >= 0.3 is 6.03 Å². The van der Waals surface area contributed by atoms with Gasteiger partial charge in [0.25, 0.3) is 0 Å². The molecule has 3 amide bonds. The summed E-state index contributed by atoms with van der Waals surface area (Å²) in [6.07, 6.45) is 10.3. The summed E-state index contributed by atoms with van der Waals surface area (Å²) in [5, 5.41) is 3.22. The first-order valence-corrected chi connectivity index (χ1v) is 11.7. The number of rotatable bonds is 4. The van der Waals surface area contributed by atoms with Crippen LogP contribution in [0.2, 0.25) is 0 Å². The molecule has 164 valence electrons. The predicted molar refractivity (Wildman–Crippen MR) is 117 cm³/mol. The maximum atomic E-state index is 12.8. The van der Waals surface area contributed by atoms with Crippen LogP contribution in [0.4, 0.5) is 10.6 Å². The zero-order valence-electron chi connectivity index (χ0n) is 18.0. The Morgan fingerprint density at radius 3 is 2.30 bits per heavy atom. The number of urea groups is 1. The highest BCUT2D eigenvalue weighted by Gasteiger charge is 2.28. The third-order valence-corrected chi connectivity index (χ3v) is 6.90. The molecule has 4 rings (SSSR count). The average Bonchev–Trinajstić information content (AvgIpc) is 2.81. The number of hydrogen-bond acceptors (Lipinski definition) is 4. The highest BCUT2D eigenvalue weighted by molar-refractivity contribution is 5.77. The molecule has 0 aromatic carbocycles. The second kappa shape index (κ2) is 10.1. The molecular weight excluding hydrogens is 378 g/mol. The van der Waals surface area contributed by atoms with E-state index in [0.29, 0.717) is 18.4 Å². The van der Waals surface area contributed by atoms with E-state index in [-0.39, 0.29) is 11.9 Å². The zero-order valence-corrected chi connectivity index (χ0v) is 18.0. The fourth-order valence-electron chi connectivity index (χ4n) is 4.95.